The second-order valence-corrected chi connectivity index (χ2v) is 52.1. The first-order valence-electron chi connectivity index (χ1n) is 34.5. The van der Waals surface area contributed by atoms with Gasteiger partial charge in [-0.2, -0.15) is 0 Å². The van der Waals surface area contributed by atoms with Crippen LogP contribution < -0.4 is 11.0 Å². The van der Waals surface area contributed by atoms with Crippen LogP contribution in [0.5, 0.6) is 0 Å². The third-order valence-electron chi connectivity index (χ3n) is 20.9. The van der Waals surface area contributed by atoms with Gasteiger partial charge in [0.15, 0.2) is 0 Å². The van der Waals surface area contributed by atoms with Crippen LogP contribution in [0.3, 0.4) is 0 Å². The quantitative estimate of drug-likeness (QED) is 0.00634. The normalized spacial score (nSPS) is 17.8. The van der Waals surface area contributed by atoms with E-state index in [4.69, 9.17) is 24.7 Å². The molecule has 0 saturated carbocycles. The Labute approximate surface area is 592 Å². The molecule has 6 aromatic rings. The van der Waals surface area contributed by atoms with Gasteiger partial charge in [0.05, 0.1) is 0 Å². The van der Waals surface area contributed by atoms with Crippen LogP contribution >= 0.6 is 22.8 Å². The van der Waals surface area contributed by atoms with E-state index in [0.29, 0.717) is 110 Å². The molecule has 0 aliphatic carbocycles. The van der Waals surface area contributed by atoms with Gasteiger partial charge in [0.1, 0.15) is 0 Å². The van der Waals surface area contributed by atoms with E-state index < -0.39 is 103 Å². The second-order valence-electron chi connectivity index (χ2n) is 29.3. The minimum atomic E-state index is -7.44. The first kappa shape index (κ1) is 76.1. The van der Waals surface area contributed by atoms with Crippen LogP contribution in [0.15, 0.2) is 117 Å². The third kappa shape index (κ3) is 14.1. The summed E-state index contributed by atoms with van der Waals surface area (Å²) >= 11 is 0. The van der Waals surface area contributed by atoms with Crippen molar-refractivity contribution < 1.29 is 109 Å². The van der Waals surface area contributed by atoms with Crippen molar-refractivity contribution in [1.29, 1.82) is 0 Å². The zero-order valence-electron chi connectivity index (χ0n) is 57.5. The van der Waals surface area contributed by atoms with Crippen LogP contribution in [0.25, 0.3) is 21.5 Å². The number of hydrogen-bond donors (Lipinski definition) is 9. The predicted molar refractivity (Wildman–Crippen MR) is 391 cm³/mol. The Hall–Kier alpha value is -5.57. The van der Waals surface area contributed by atoms with Crippen LogP contribution in [0.4, 0.5) is 11.6 Å². The van der Waals surface area contributed by atoms with Gasteiger partial charge in [-0.1, -0.05) is 0 Å². The predicted octanol–water partition coefficient (Wildman–Crippen LogP) is 6.71. The Kier molecular flexibility index (Phi) is 20.4. The number of carboxylic acid groups (broad SMARTS) is 1. The zero-order chi connectivity index (χ0) is 73.4. The summed E-state index contributed by atoms with van der Waals surface area (Å²) in [5.41, 5.74) is 3.86. The fourth-order valence-electron chi connectivity index (χ4n) is 17.1. The minimum absolute atomic E-state index is 0.0124. The van der Waals surface area contributed by atoms with Crippen LogP contribution in [0.1, 0.15) is 86.5 Å². The molecular weight excluding hydrogens is 1470 g/mol. The van der Waals surface area contributed by atoms with Gasteiger partial charge in [0.2, 0.25) is 0 Å². The number of nitrogens with zero attached hydrogens (tertiary/aromatic N) is 10. The van der Waals surface area contributed by atoms with Gasteiger partial charge in [0.25, 0.3) is 0 Å². The molecule has 0 bridgehead atoms. The molecule has 4 aromatic carbocycles. The Morgan fingerprint density at radius 2 is 0.833 bits per heavy atom. The summed E-state index contributed by atoms with van der Waals surface area (Å²) in [6.45, 7) is 10.4. The molecule has 0 radical (unpaired) electrons. The van der Waals surface area contributed by atoms with Crippen molar-refractivity contribution in [2.45, 2.75) is 102 Å². The molecule has 6 aliphatic heterocycles. The zero-order valence-corrected chi connectivity index (χ0v) is 64.8. The Balaban J connectivity index is 1.11. The summed E-state index contributed by atoms with van der Waals surface area (Å²) in [7, 11) is -37.4. The van der Waals surface area contributed by atoms with E-state index in [-0.39, 0.29) is 86.9 Å². The van der Waals surface area contributed by atoms with Gasteiger partial charge in [-0.15, -0.1) is 0 Å². The number of rotatable bonds is 40. The maximum absolute atomic E-state index is 12.5. The summed E-state index contributed by atoms with van der Waals surface area (Å²) in [4.78, 5) is 96.2. The summed E-state index contributed by atoms with van der Waals surface area (Å²) in [6, 6.07) is 32.3. The van der Waals surface area contributed by atoms with Crippen LogP contribution in [-0.2, 0) is 51.7 Å². The number of carbonyl (C=O) groups is 1. The topological polar surface area (TPSA) is 412 Å². The van der Waals surface area contributed by atoms with Gasteiger partial charge in [0, 0.05) is 0 Å². The van der Waals surface area contributed by atoms with Crippen molar-refractivity contribution in [1.82, 2.24) is 8.47 Å². The number of hydrogen-bond acceptors (Lipinski definition) is 15. The van der Waals surface area contributed by atoms with Crippen LogP contribution in [0.2, 0.25) is 38.3 Å². The molecule has 0 amide bonds. The molecule has 9 N–H and O–H groups in total. The molecule has 0 fully saturated rings. The molecule has 6 aliphatic rings. The Bertz CT molecular complexity index is 4800. The van der Waals surface area contributed by atoms with E-state index in [1.54, 1.807) is 0 Å². The number of aliphatic carboxylic acids is 1. The average molecular weight is 1560 g/mol. The van der Waals surface area contributed by atoms with Gasteiger partial charge in [-0.25, -0.2) is 0 Å². The first-order chi connectivity index (χ1) is 47.8. The number of amidine groups is 4. The fourth-order valence-corrected chi connectivity index (χ4v) is 42.1. The Morgan fingerprint density at radius 3 is 1.22 bits per heavy atom. The maximum atomic E-state index is 12.5. The van der Waals surface area contributed by atoms with Crippen molar-refractivity contribution >= 4 is 130 Å². The fraction of sp³-hybridized carbons (Fsp3) is 0.484. The summed E-state index contributed by atoms with van der Waals surface area (Å²) in [5.74, 6) is 0.788. The Morgan fingerprint density at radius 1 is 0.480 bits per heavy atom. The van der Waals surface area contributed by atoms with E-state index >= 15 is 0 Å². The molecule has 2 aromatic heterocycles. The number of ether oxygens (including phenoxy) is 1. The molecular formula is C64H91N10O20P3S2Si3+2. The van der Waals surface area contributed by atoms with Crippen molar-refractivity contribution in [3.8, 4) is 0 Å². The van der Waals surface area contributed by atoms with Crippen molar-refractivity contribution in [2.24, 2.45) is 20.0 Å². The molecule has 0 unspecified atom stereocenters. The number of carboxylic acids is 1. The molecule has 1 spiro atoms. The molecule has 38 heteroatoms. The van der Waals surface area contributed by atoms with Gasteiger partial charge < -0.3 is 5.11 Å². The molecule has 0 atom stereocenters. The van der Waals surface area contributed by atoms with E-state index in [0.717, 1.165) is 43.8 Å². The van der Waals surface area contributed by atoms with Crippen molar-refractivity contribution in [2.75, 3.05) is 95.6 Å². The average Bonchev–Trinajstić information content (AvgIpc) is 1.29. The monoisotopic (exact) mass is 1560 g/mol. The molecule has 554 valence electrons. The molecule has 8 heterocycles. The third-order valence-corrected chi connectivity index (χ3v) is 41.9. The van der Waals surface area contributed by atoms with Crippen molar-refractivity contribution in [3.63, 3.8) is 0 Å². The van der Waals surface area contributed by atoms with Crippen LogP contribution in [-0.4, -0.2) is 236 Å². The first-order valence-corrected chi connectivity index (χ1v) is 51.9. The summed E-state index contributed by atoms with van der Waals surface area (Å²) in [6.07, 6.45) is -0.251. The van der Waals surface area contributed by atoms with Gasteiger partial charge in [-0.3, -0.25) is 4.79 Å². The number of aromatic nitrogens is 2. The summed E-state index contributed by atoms with van der Waals surface area (Å²) in [5, 5.41) is 12.5. The summed E-state index contributed by atoms with van der Waals surface area (Å²) < 4.78 is 140. The van der Waals surface area contributed by atoms with Crippen molar-refractivity contribution in [3.05, 3.63) is 130 Å². The molecule has 0 saturated heterocycles. The van der Waals surface area contributed by atoms with E-state index in [2.05, 4.69) is 43.1 Å². The van der Waals surface area contributed by atoms with E-state index in [1.165, 1.54) is 0 Å². The number of benzene rings is 4. The number of aliphatic imine (C=N–C) groups is 2. The SMILES string of the molecule is C[Si](C)(CCC[N+](CCCP(=O)(O)O)(CCCP(=O)(O)O)CCCP(=O)(O)O)O[Si-2]123(O[Si](C)(C)CCC[N+](CCCCS(=O)(=O)O)(CCCCS(=O)(=O)O)CCOCCC(=O)O)n4c5c6ccccc6c4N=C4c6ccccc6C(=[N+]41)N=c1c4ccccc4c(n12)=NC1=[N+]3C(=N5)c2ccccc21. The van der Waals surface area contributed by atoms with Crippen LogP contribution in [0, 0.1) is 0 Å². The van der Waals surface area contributed by atoms with E-state index in [9.17, 15) is 87.1 Å². The van der Waals surface area contributed by atoms with E-state index in [1.807, 2.05) is 97.1 Å². The second kappa shape index (κ2) is 27.3. The number of quaternary nitrogens is 2. The molecule has 30 nitrogen and oxygen atoms in total. The van der Waals surface area contributed by atoms with Gasteiger partial charge >= 0.3 is 586 Å². The van der Waals surface area contributed by atoms with Gasteiger partial charge in [-0.05, 0) is 0 Å². The molecule has 12 rings (SSSR count). The molecule has 102 heavy (non-hydrogen) atoms. The standard InChI is InChI=1S/C64H89N10O20P3S2Si3/c1-100(2,46-20-36-73(33-17-41-95(77,78)79,34-18-42-96(80,81)82)35-19-43-97(83,84)85)93-102(94-101(3,4)47-21-37-74(31-13-15-44-98(86,87)88,32-14-16-45-99(89,90)91)38-40-92-39-30-56(75)76)69-57-48-22-5-6-23-49(48)58(69)66-60-52-26-9-10-27-53(52)62(71(60)102)68-64-55-29-12-11-28-54(55)63(72(64)102)67-61-51-25-8-7-24-50(51)59(65-57)70(61)102/h5-12,22-29H,13-21,30-47H2,1-4H3,(H7-2,75,76,77,78,79,80,81,82,83,84,85,86,87,88,89,90,91)/p+2. The number of unbranched alkanes of at least 4 members (excludes halogenated alkanes) is 2. The number of fused-ring (bicyclic) bond motifs is 12.